The van der Waals surface area contributed by atoms with E-state index >= 15 is 0 Å². The Labute approximate surface area is 106 Å². The van der Waals surface area contributed by atoms with Crippen molar-refractivity contribution >= 4 is 18.4 Å². The van der Waals surface area contributed by atoms with Gasteiger partial charge in [-0.15, -0.1) is 12.6 Å². The number of para-hydroxylation sites is 1. The molecule has 1 N–H and O–H groups in total. The van der Waals surface area contributed by atoms with E-state index in [4.69, 9.17) is 0 Å². The molecule has 1 nitrogen and oxygen atoms in total. The molecule has 0 saturated carbocycles. The van der Waals surface area contributed by atoms with Gasteiger partial charge >= 0.3 is 0 Å². The number of hydrogen-bond acceptors (Lipinski definition) is 1. The van der Waals surface area contributed by atoms with Gasteiger partial charge in [-0.2, -0.15) is 0 Å². The summed E-state index contributed by atoms with van der Waals surface area (Å²) in [5, 5.41) is 3.36. The number of rotatable bonds is 4. The molecule has 17 heavy (non-hydrogen) atoms. The Bertz CT molecular complexity index is 413. The molecule has 0 saturated heterocycles. The molecule has 2 heteroatoms. The lowest BCUT2D eigenvalue weighted by Crippen LogP contribution is -2.23. The first-order chi connectivity index (χ1) is 8.00. The molecular formula is C15H21BN. The molecule has 89 valence electrons. The fourth-order valence-corrected chi connectivity index (χ4v) is 1.79. The van der Waals surface area contributed by atoms with Crippen molar-refractivity contribution in [2.45, 2.75) is 33.1 Å². The summed E-state index contributed by atoms with van der Waals surface area (Å²) in [6.07, 6.45) is 3.96. The van der Waals surface area contributed by atoms with Crippen molar-refractivity contribution in [3.05, 3.63) is 48.6 Å². The van der Waals surface area contributed by atoms with Crippen LogP contribution in [0.1, 0.15) is 33.3 Å². The quantitative estimate of drug-likeness (QED) is 0.776. The number of hydrogen-bond donors (Lipinski definition) is 1. The third-order valence-electron chi connectivity index (χ3n) is 2.60. The molecule has 1 aromatic carbocycles. The minimum atomic E-state index is 0.120. The van der Waals surface area contributed by atoms with Gasteiger partial charge in [0.05, 0.1) is 0 Å². The van der Waals surface area contributed by atoms with E-state index in [1.807, 2.05) is 32.5 Å². The molecule has 0 atom stereocenters. The molecule has 0 amide bonds. The highest BCUT2D eigenvalue weighted by atomic mass is 14.8. The van der Waals surface area contributed by atoms with Crippen LogP contribution in [0.4, 0.5) is 5.69 Å². The van der Waals surface area contributed by atoms with Crippen LogP contribution in [0.3, 0.4) is 0 Å². The molecule has 1 radical (unpaired) electrons. The minimum absolute atomic E-state index is 0.120. The maximum absolute atomic E-state index is 3.77. The topological polar surface area (TPSA) is 12.0 Å². The van der Waals surface area contributed by atoms with E-state index in [1.165, 1.54) is 11.0 Å². The van der Waals surface area contributed by atoms with Gasteiger partial charge < -0.3 is 5.32 Å². The monoisotopic (exact) mass is 226 g/mol. The second kappa shape index (κ2) is 5.76. The summed E-state index contributed by atoms with van der Waals surface area (Å²) in [6.45, 7) is 12.4. The molecule has 0 aliphatic carbocycles. The van der Waals surface area contributed by atoms with Gasteiger partial charge in [0.25, 0.3) is 0 Å². The number of benzene rings is 1. The van der Waals surface area contributed by atoms with Gasteiger partial charge in [-0.25, -0.2) is 0 Å². The van der Waals surface area contributed by atoms with Gasteiger partial charge in [-0.05, 0) is 24.1 Å². The van der Waals surface area contributed by atoms with E-state index in [-0.39, 0.29) is 5.41 Å². The van der Waals surface area contributed by atoms with Crippen LogP contribution >= 0.6 is 0 Å². The number of allylic oxidation sites excluding steroid dienone is 1. The third kappa shape index (κ3) is 3.52. The van der Waals surface area contributed by atoms with Gasteiger partial charge in [0, 0.05) is 5.69 Å². The maximum Gasteiger partial charge on any atom is 0.183 e. The van der Waals surface area contributed by atoms with E-state index in [0.29, 0.717) is 0 Å². The first kappa shape index (κ1) is 13.6. The average Bonchev–Trinajstić information content (AvgIpc) is 2.26. The van der Waals surface area contributed by atoms with E-state index in [2.05, 4.69) is 50.9 Å². The summed E-state index contributed by atoms with van der Waals surface area (Å²) in [7, 11) is 2.03. The molecular weight excluding hydrogens is 205 g/mol. The summed E-state index contributed by atoms with van der Waals surface area (Å²) in [5.41, 5.74) is 3.77. The first-order valence-corrected chi connectivity index (χ1v) is 5.97. The Balaban J connectivity index is 3.28. The lowest BCUT2D eigenvalue weighted by Gasteiger charge is -2.24. The van der Waals surface area contributed by atoms with Gasteiger partial charge in [0.1, 0.15) is 0 Å². The largest absolute Gasteiger partial charge is 0.362 e. The van der Waals surface area contributed by atoms with Crippen LogP contribution in [0.25, 0.3) is 0 Å². The van der Waals surface area contributed by atoms with Gasteiger partial charge in [-0.3, -0.25) is 0 Å². The predicted molar refractivity (Wildman–Crippen MR) is 79.2 cm³/mol. The second-order valence-corrected chi connectivity index (χ2v) is 5.07. The predicted octanol–water partition coefficient (Wildman–Crippen LogP) is 3.40. The van der Waals surface area contributed by atoms with Gasteiger partial charge in [0.15, 0.2) is 7.28 Å². The van der Waals surface area contributed by atoms with Crippen molar-refractivity contribution in [2.24, 2.45) is 0 Å². The zero-order chi connectivity index (χ0) is 12.9. The van der Waals surface area contributed by atoms with Gasteiger partial charge in [0.2, 0.25) is 0 Å². The van der Waals surface area contributed by atoms with E-state index in [1.54, 1.807) is 0 Å². The van der Waals surface area contributed by atoms with Crippen molar-refractivity contribution in [1.82, 2.24) is 0 Å². The van der Waals surface area contributed by atoms with Crippen molar-refractivity contribution in [2.75, 3.05) is 5.32 Å². The fourth-order valence-electron chi connectivity index (χ4n) is 1.79. The molecule has 0 spiro atoms. The highest BCUT2D eigenvalue weighted by molar-refractivity contribution is 6.60. The van der Waals surface area contributed by atoms with E-state index in [9.17, 15) is 0 Å². The molecule has 0 aliphatic heterocycles. The Morgan fingerprint density at radius 1 is 1.29 bits per heavy atom. The maximum atomic E-state index is 3.77. The van der Waals surface area contributed by atoms with E-state index in [0.717, 1.165) is 5.69 Å². The highest BCUT2D eigenvalue weighted by Gasteiger charge is 2.19. The molecule has 0 heterocycles. The van der Waals surface area contributed by atoms with Crippen LogP contribution in [0.5, 0.6) is 0 Å². The standard InChI is InChI=1S/C15H21BN/c1-6-11-17-14-12(15(3,4)5)9-8-10-13(14)16-7-2/h6-11,17H,2H2,1,3-5H3/b11-6+. The van der Waals surface area contributed by atoms with Crippen LogP contribution in [-0.4, -0.2) is 7.28 Å². The molecule has 0 fully saturated rings. The van der Waals surface area contributed by atoms with Crippen LogP contribution < -0.4 is 10.8 Å². The van der Waals surface area contributed by atoms with Gasteiger partial charge in [-0.1, -0.05) is 50.5 Å². The third-order valence-corrected chi connectivity index (χ3v) is 2.60. The van der Waals surface area contributed by atoms with Crippen LogP contribution in [-0.2, 0) is 5.41 Å². The summed E-state index contributed by atoms with van der Waals surface area (Å²) < 4.78 is 0. The van der Waals surface area contributed by atoms with Crippen LogP contribution in [0.15, 0.2) is 43.0 Å². The van der Waals surface area contributed by atoms with Crippen molar-refractivity contribution < 1.29 is 0 Å². The fraction of sp³-hybridized carbons (Fsp3) is 0.333. The summed E-state index contributed by atoms with van der Waals surface area (Å²) >= 11 is 0. The van der Waals surface area contributed by atoms with Crippen LogP contribution in [0, 0.1) is 0 Å². The lowest BCUT2D eigenvalue weighted by atomic mass is 9.68. The Kier molecular flexibility index (Phi) is 4.62. The number of anilines is 1. The molecule has 0 unspecified atom stereocenters. The summed E-state index contributed by atoms with van der Waals surface area (Å²) in [6, 6.07) is 6.37. The Morgan fingerprint density at radius 2 is 2.00 bits per heavy atom. The zero-order valence-electron chi connectivity index (χ0n) is 11.2. The van der Waals surface area contributed by atoms with Crippen molar-refractivity contribution in [3.63, 3.8) is 0 Å². The highest BCUT2D eigenvalue weighted by Crippen LogP contribution is 2.28. The molecule has 0 bridgehead atoms. The summed E-state index contributed by atoms with van der Waals surface area (Å²) in [4.78, 5) is 0. The average molecular weight is 226 g/mol. The van der Waals surface area contributed by atoms with Crippen molar-refractivity contribution in [3.8, 4) is 0 Å². The minimum Gasteiger partial charge on any atom is -0.362 e. The van der Waals surface area contributed by atoms with Crippen LogP contribution in [0.2, 0.25) is 0 Å². The SMILES string of the molecule is C=C[B]c1cccc(C(C)(C)C)c1N/C=C/C. The molecule has 1 rings (SSSR count). The Hall–Kier alpha value is -1.44. The number of nitrogens with one attached hydrogen (secondary N) is 1. The zero-order valence-corrected chi connectivity index (χ0v) is 11.2. The van der Waals surface area contributed by atoms with Crippen molar-refractivity contribution in [1.29, 1.82) is 0 Å². The summed E-state index contributed by atoms with van der Waals surface area (Å²) in [5.74, 6) is 1.82. The second-order valence-electron chi connectivity index (χ2n) is 5.07. The first-order valence-electron chi connectivity index (χ1n) is 5.97. The lowest BCUT2D eigenvalue weighted by molar-refractivity contribution is 0.592. The molecule has 0 aliphatic rings. The van der Waals surface area contributed by atoms with E-state index < -0.39 is 0 Å². The Morgan fingerprint density at radius 3 is 2.53 bits per heavy atom. The molecule has 0 aromatic heterocycles. The normalized spacial score (nSPS) is 11.5. The smallest absolute Gasteiger partial charge is 0.183 e. The molecule has 1 aromatic rings.